The Labute approximate surface area is 96.3 Å². The highest BCUT2D eigenvalue weighted by Gasteiger charge is 2.04. The molecule has 1 aromatic rings. The van der Waals surface area contributed by atoms with Gasteiger partial charge in [0.15, 0.2) is 11.5 Å². The van der Waals surface area contributed by atoms with Crippen LogP contribution in [-0.4, -0.2) is 26.9 Å². The number of ether oxygens (including phenoxy) is 3. The largest absolute Gasteiger partial charge is 0.493 e. The van der Waals surface area contributed by atoms with Crippen molar-refractivity contribution in [2.45, 2.75) is 6.92 Å². The Balaban J connectivity index is 2.62. The van der Waals surface area contributed by atoms with Gasteiger partial charge in [-0.2, -0.15) is 0 Å². The van der Waals surface area contributed by atoms with E-state index < -0.39 is 0 Å². The predicted molar refractivity (Wildman–Crippen MR) is 62.9 cm³/mol. The number of methoxy groups -OCH3 is 1. The first kappa shape index (κ1) is 12.4. The highest BCUT2D eigenvalue weighted by Crippen LogP contribution is 2.27. The summed E-state index contributed by atoms with van der Waals surface area (Å²) in [5.41, 5.74) is 0.772. The van der Waals surface area contributed by atoms with Gasteiger partial charge in [-0.15, -0.1) is 6.42 Å². The molecule has 86 valence electrons. The van der Waals surface area contributed by atoms with Crippen LogP contribution in [0.3, 0.4) is 0 Å². The van der Waals surface area contributed by atoms with Gasteiger partial charge in [-0.1, -0.05) is 5.92 Å². The first-order chi connectivity index (χ1) is 7.81. The highest BCUT2D eigenvalue weighted by atomic mass is 16.5. The molecule has 1 rings (SSSR count). The molecule has 0 unspecified atom stereocenters. The summed E-state index contributed by atoms with van der Waals surface area (Å²) in [5.74, 6) is 3.87. The van der Waals surface area contributed by atoms with E-state index in [9.17, 15) is 0 Å². The molecule has 0 bridgehead atoms. The van der Waals surface area contributed by atoms with Gasteiger partial charge >= 0.3 is 0 Å². The minimum atomic E-state index is 0.500. The zero-order valence-corrected chi connectivity index (χ0v) is 9.66. The molecule has 3 heteroatoms. The number of hydrogen-bond donors (Lipinski definition) is 0. The van der Waals surface area contributed by atoms with Crippen molar-refractivity contribution in [2.24, 2.45) is 0 Å². The summed E-state index contributed by atoms with van der Waals surface area (Å²) in [5, 5.41) is 0. The minimum absolute atomic E-state index is 0.500. The summed E-state index contributed by atoms with van der Waals surface area (Å²) in [4.78, 5) is 0. The van der Waals surface area contributed by atoms with Gasteiger partial charge in [0.1, 0.15) is 6.61 Å². The topological polar surface area (TPSA) is 27.7 Å². The maximum absolute atomic E-state index is 5.51. The van der Waals surface area contributed by atoms with Gasteiger partial charge in [0.2, 0.25) is 0 Å². The molecule has 1 aromatic carbocycles. The zero-order chi connectivity index (χ0) is 11.8. The Bertz CT molecular complexity index is 366. The summed E-state index contributed by atoms with van der Waals surface area (Å²) >= 11 is 0. The molecular weight excluding hydrogens is 204 g/mol. The van der Waals surface area contributed by atoms with Gasteiger partial charge in [0.25, 0.3) is 0 Å². The van der Waals surface area contributed by atoms with E-state index in [1.54, 1.807) is 19.2 Å². The van der Waals surface area contributed by atoms with Crippen LogP contribution in [0.25, 0.3) is 0 Å². The molecule has 0 atom stereocenters. The maximum Gasteiger partial charge on any atom is 0.161 e. The smallest absolute Gasteiger partial charge is 0.161 e. The monoisotopic (exact) mass is 220 g/mol. The van der Waals surface area contributed by atoms with E-state index >= 15 is 0 Å². The van der Waals surface area contributed by atoms with Crippen LogP contribution in [0.15, 0.2) is 18.2 Å². The molecule has 0 aromatic heterocycles. The van der Waals surface area contributed by atoms with Crippen LogP contribution in [0.4, 0.5) is 0 Å². The fraction of sp³-hybridized carbons (Fsp3) is 0.385. The van der Waals surface area contributed by atoms with Crippen molar-refractivity contribution >= 4 is 0 Å². The molecule has 0 heterocycles. The Morgan fingerprint density at radius 3 is 2.69 bits per heavy atom. The van der Waals surface area contributed by atoms with Crippen LogP contribution >= 0.6 is 0 Å². The molecule has 0 radical (unpaired) electrons. The average Bonchev–Trinajstić information content (AvgIpc) is 2.34. The van der Waals surface area contributed by atoms with Crippen molar-refractivity contribution < 1.29 is 14.2 Å². The molecule has 0 amide bonds. The molecule has 3 nitrogen and oxygen atoms in total. The van der Waals surface area contributed by atoms with Gasteiger partial charge < -0.3 is 14.2 Å². The summed E-state index contributed by atoms with van der Waals surface area (Å²) in [7, 11) is 1.59. The molecule has 16 heavy (non-hydrogen) atoms. The van der Waals surface area contributed by atoms with Crippen LogP contribution in [0.1, 0.15) is 12.5 Å². The fourth-order valence-corrected chi connectivity index (χ4v) is 1.23. The SMILES string of the molecule is C#Cc1ccc(OCCOCC)c(OC)c1. The summed E-state index contributed by atoms with van der Waals surface area (Å²) < 4.78 is 15.9. The van der Waals surface area contributed by atoms with Crippen molar-refractivity contribution in [2.75, 3.05) is 26.9 Å². The van der Waals surface area contributed by atoms with Crippen LogP contribution in [0.2, 0.25) is 0 Å². The number of terminal acetylenes is 1. The third kappa shape index (κ3) is 3.48. The molecule has 0 saturated heterocycles. The molecule has 0 aliphatic heterocycles. The van der Waals surface area contributed by atoms with E-state index in [-0.39, 0.29) is 0 Å². The normalized spacial score (nSPS) is 9.56. The van der Waals surface area contributed by atoms with E-state index in [1.807, 2.05) is 13.0 Å². The summed E-state index contributed by atoms with van der Waals surface area (Å²) in [6.45, 7) is 3.70. The van der Waals surface area contributed by atoms with Gasteiger partial charge in [0.05, 0.1) is 13.7 Å². The van der Waals surface area contributed by atoms with Crippen LogP contribution < -0.4 is 9.47 Å². The number of rotatable bonds is 6. The van der Waals surface area contributed by atoms with E-state index in [4.69, 9.17) is 20.6 Å². The Morgan fingerprint density at radius 2 is 2.06 bits per heavy atom. The average molecular weight is 220 g/mol. The molecular formula is C13H16O3. The molecule has 0 spiro atoms. The third-order valence-electron chi connectivity index (χ3n) is 2.02. The van der Waals surface area contributed by atoms with Crippen molar-refractivity contribution in [3.05, 3.63) is 23.8 Å². The minimum Gasteiger partial charge on any atom is -0.493 e. The molecule has 0 saturated carbocycles. The van der Waals surface area contributed by atoms with Crippen molar-refractivity contribution in [3.63, 3.8) is 0 Å². The maximum atomic E-state index is 5.51. The first-order valence-electron chi connectivity index (χ1n) is 5.17. The second-order valence-electron chi connectivity index (χ2n) is 3.06. The lowest BCUT2D eigenvalue weighted by molar-refractivity contribution is 0.109. The fourth-order valence-electron chi connectivity index (χ4n) is 1.23. The van der Waals surface area contributed by atoms with Crippen molar-refractivity contribution in [1.29, 1.82) is 0 Å². The highest BCUT2D eigenvalue weighted by molar-refractivity contribution is 5.47. The Kier molecular flexibility index (Phi) is 5.24. The molecule has 0 N–H and O–H groups in total. The molecule has 0 aliphatic carbocycles. The quantitative estimate of drug-likeness (QED) is 0.542. The molecule has 0 aliphatic rings. The molecule has 0 fully saturated rings. The van der Waals surface area contributed by atoms with Gasteiger partial charge in [0, 0.05) is 12.2 Å². The zero-order valence-electron chi connectivity index (χ0n) is 9.66. The summed E-state index contributed by atoms with van der Waals surface area (Å²) in [6.07, 6.45) is 5.30. The van der Waals surface area contributed by atoms with Crippen LogP contribution in [0.5, 0.6) is 11.5 Å². The van der Waals surface area contributed by atoms with Gasteiger partial charge in [-0.3, -0.25) is 0 Å². The van der Waals surface area contributed by atoms with Gasteiger partial charge in [-0.25, -0.2) is 0 Å². The first-order valence-corrected chi connectivity index (χ1v) is 5.17. The third-order valence-corrected chi connectivity index (χ3v) is 2.02. The van der Waals surface area contributed by atoms with Crippen LogP contribution in [0, 0.1) is 12.3 Å². The predicted octanol–water partition coefficient (Wildman–Crippen LogP) is 2.09. The van der Waals surface area contributed by atoms with Crippen molar-refractivity contribution in [3.8, 4) is 23.8 Å². The van der Waals surface area contributed by atoms with Crippen LogP contribution in [-0.2, 0) is 4.74 Å². The lowest BCUT2D eigenvalue weighted by atomic mass is 10.2. The standard InChI is InChI=1S/C13H16O3/c1-4-11-6-7-12(13(10-11)14-3)16-9-8-15-5-2/h1,6-7,10H,5,8-9H2,2-3H3. The van der Waals surface area contributed by atoms with E-state index in [0.29, 0.717) is 31.3 Å². The number of benzene rings is 1. The Morgan fingerprint density at radius 1 is 1.25 bits per heavy atom. The van der Waals surface area contributed by atoms with E-state index in [0.717, 1.165) is 5.56 Å². The van der Waals surface area contributed by atoms with E-state index in [1.165, 1.54) is 0 Å². The lowest BCUT2D eigenvalue weighted by Gasteiger charge is -2.10. The second-order valence-corrected chi connectivity index (χ2v) is 3.06. The second kappa shape index (κ2) is 6.76. The van der Waals surface area contributed by atoms with Gasteiger partial charge in [-0.05, 0) is 25.1 Å². The lowest BCUT2D eigenvalue weighted by Crippen LogP contribution is -2.07. The number of hydrogen-bond acceptors (Lipinski definition) is 3. The van der Waals surface area contributed by atoms with E-state index in [2.05, 4.69) is 5.92 Å². The Hall–Kier alpha value is -1.66. The summed E-state index contributed by atoms with van der Waals surface area (Å²) in [6, 6.07) is 5.40. The van der Waals surface area contributed by atoms with Crippen molar-refractivity contribution in [1.82, 2.24) is 0 Å².